The molecule has 15 heavy (non-hydrogen) atoms. The molecule has 5 heteroatoms. The van der Waals surface area contributed by atoms with Crippen molar-refractivity contribution in [3.63, 3.8) is 0 Å². The quantitative estimate of drug-likeness (QED) is 0.555. The Hall–Kier alpha value is -1.49. The fourth-order valence-electron chi connectivity index (χ4n) is 2.53. The van der Waals surface area contributed by atoms with Crippen molar-refractivity contribution >= 4 is 5.69 Å². The molecule has 3 heterocycles. The molecule has 2 unspecified atom stereocenters. The van der Waals surface area contributed by atoms with E-state index in [-0.39, 0.29) is 16.7 Å². The summed E-state index contributed by atoms with van der Waals surface area (Å²) in [5, 5.41) is 14.1. The van der Waals surface area contributed by atoms with Crippen LogP contribution in [0.25, 0.3) is 0 Å². The van der Waals surface area contributed by atoms with Gasteiger partial charge in [-0.2, -0.15) is 0 Å². The Balaban J connectivity index is 2.08. The molecule has 78 valence electrons. The lowest BCUT2D eigenvalue weighted by atomic mass is 10.00. The lowest BCUT2D eigenvalue weighted by molar-refractivity contribution is -0.385. The largest absolute Gasteiger partial charge is 0.307 e. The molecular weight excluding hydrogens is 194 g/mol. The molecule has 1 aromatic heterocycles. The topological polar surface area (TPSA) is 68.1 Å². The van der Waals surface area contributed by atoms with Gasteiger partial charge in [0.2, 0.25) is 0 Å². The smallest absolute Gasteiger partial charge is 0.287 e. The number of pyridine rings is 1. The first-order chi connectivity index (χ1) is 7.24. The number of nitro groups is 1. The number of aromatic nitrogens is 1. The normalized spacial score (nSPS) is 27.5. The average Bonchev–Trinajstić information content (AvgIpc) is 2.61. The van der Waals surface area contributed by atoms with Crippen molar-refractivity contribution in [1.82, 2.24) is 10.3 Å². The molecule has 0 aliphatic carbocycles. The summed E-state index contributed by atoms with van der Waals surface area (Å²) >= 11 is 0. The highest BCUT2D eigenvalue weighted by atomic mass is 16.6. The molecule has 1 fully saturated rings. The first-order valence-electron chi connectivity index (χ1n) is 5.13. The number of hydrogen-bond acceptors (Lipinski definition) is 4. The van der Waals surface area contributed by atoms with Gasteiger partial charge in [-0.3, -0.25) is 15.1 Å². The highest BCUT2D eigenvalue weighted by Crippen LogP contribution is 2.36. The van der Waals surface area contributed by atoms with Crippen LogP contribution in [0.1, 0.15) is 30.1 Å². The van der Waals surface area contributed by atoms with Gasteiger partial charge in [-0.25, -0.2) is 0 Å². The monoisotopic (exact) mass is 205 g/mol. The van der Waals surface area contributed by atoms with Crippen molar-refractivity contribution in [2.24, 2.45) is 0 Å². The van der Waals surface area contributed by atoms with Crippen molar-refractivity contribution in [2.75, 3.05) is 0 Å². The van der Waals surface area contributed by atoms with E-state index in [1.54, 1.807) is 6.07 Å². The van der Waals surface area contributed by atoms with Gasteiger partial charge in [0.25, 0.3) is 5.69 Å². The van der Waals surface area contributed by atoms with Gasteiger partial charge in [0.15, 0.2) is 0 Å². The van der Waals surface area contributed by atoms with Crippen molar-refractivity contribution in [1.29, 1.82) is 0 Å². The minimum Gasteiger partial charge on any atom is -0.307 e. The second kappa shape index (κ2) is 3.00. The summed E-state index contributed by atoms with van der Waals surface area (Å²) in [7, 11) is 0. The molecule has 1 N–H and O–H groups in total. The van der Waals surface area contributed by atoms with Crippen LogP contribution in [-0.2, 0) is 6.42 Å². The van der Waals surface area contributed by atoms with Gasteiger partial charge in [-0.1, -0.05) is 0 Å². The van der Waals surface area contributed by atoms with Crippen LogP contribution in [0.5, 0.6) is 0 Å². The van der Waals surface area contributed by atoms with E-state index >= 15 is 0 Å². The minimum atomic E-state index is -0.381. The van der Waals surface area contributed by atoms with Gasteiger partial charge in [0.1, 0.15) is 6.20 Å². The van der Waals surface area contributed by atoms with Gasteiger partial charge < -0.3 is 5.32 Å². The second-order valence-corrected chi connectivity index (χ2v) is 4.18. The van der Waals surface area contributed by atoms with Gasteiger partial charge in [-0.15, -0.1) is 0 Å². The fourth-order valence-corrected chi connectivity index (χ4v) is 2.53. The third-order valence-electron chi connectivity index (χ3n) is 3.26. The molecule has 0 spiro atoms. The third-order valence-corrected chi connectivity index (χ3v) is 3.26. The maximum absolute atomic E-state index is 10.6. The van der Waals surface area contributed by atoms with Gasteiger partial charge in [0.05, 0.1) is 4.92 Å². The fraction of sp³-hybridized carbons (Fsp3) is 0.500. The molecule has 2 atom stereocenters. The first-order valence-corrected chi connectivity index (χ1v) is 5.13. The van der Waals surface area contributed by atoms with Crippen LogP contribution in [0, 0.1) is 10.1 Å². The molecule has 0 aromatic carbocycles. The Morgan fingerprint density at radius 3 is 3.20 bits per heavy atom. The van der Waals surface area contributed by atoms with E-state index in [4.69, 9.17) is 0 Å². The number of nitrogens with zero attached hydrogens (tertiary/aromatic N) is 2. The minimum absolute atomic E-state index is 0.0981. The van der Waals surface area contributed by atoms with Gasteiger partial charge >= 0.3 is 0 Å². The maximum Gasteiger partial charge on any atom is 0.287 e. The SMILES string of the molecule is O=[N+]([O-])c1cnc2c(c1)C1CCC(C2)N1. The molecule has 1 aromatic rings. The van der Waals surface area contributed by atoms with Crippen LogP contribution in [0.15, 0.2) is 12.3 Å². The summed E-state index contributed by atoms with van der Waals surface area (Å²) < 4.78 is 0. The summed E-state index contributed by atoms with van der Waals surface area (Å²) in [5.41, 5.74) is 2.16. The predicted octanol–water partition coefficient (Wildman–Crippen LogP) is 1.34. The predicted molar refractivity (Wildman–Crippen MR) is 53.5 cm³/mol. The van der Waals surface area contributed by atoms with Crippen LogP contribution in [-0.4, -0.2) is 15.9 Å². The van der Waals surface area contributed by atoms with Gasteiger partial charge in [0, 0.05) is 30.3 Å². The third kappa shape index (κ3) is 1.31. The van der Waals surface area contributed by atoms with E-state index in [0.29, 0.717) is 6.04 Å². The molecular formula is C10H11N3O2. The summed E-state index contributed by atoms with van der Waals surface area (Å²) in [5.74, 6) is 0. The zero-order chi connectivity index (χ0) is 10.4. The Labute approximate surface area is 86.7 Å². The Morgan fingerprint density at radius 1 is 1.53 bits per heavy atom. The molecule has 5 nitrogen and oxygen atoms in total. The van der Waals surface area contributed by atoms with Crippen molar-refractivity contribution in [3.8, 4) is 0 Å². The van der Waals surface area contributed by atoms with E-state index in [2.05, 4.69) is 10.3 Å². The molecule has 3 rings (SSSR count). The zero-order valence-corrected chi connectivity index (χ0v) is 8.14. The molecule has 2 aliphatic rings. The van der Waals surface area contributed by atoms with E-state index in [9.17, 15) is 10.1 Å². The van der Waals surface area contributed by atoms with Crippen LogP contribution < -0.4 is 5.32 Å². The van der Waals surface area contributed by atoms with Crippen LogP contribution in [0.4, 0.5) is 5.69 Å². The van der Waals surface area contributed by atoms with Crippen molar-refractivity contribution in [2.45, 2.75) is 31.3 Å². The maximum atomic E-state index is 10.6. The first kappa shape index (κ1) is 8.79. The Kier molecular flexibility index (Phi) is 1.76. The zero-order valence-electron chi connectivity index (χ0n) is 8.14. The molecule has 2 aliphatic heterocycles. The van der Waals surface area contributed by atoms with Crippen LogP contribution >= 0.6 is 0 Å². The van der Waals surface area contributed by atoms with Crippen molar-refractivity contribution in [3.05, 3.63) is 33.6 Å². The molecule has 2 bridgehead atoms. The summed E-state index contributed by atoms with van der Waals surface area (Å²) in [4.78, 5) is 14.5. The number of rotatable bonds is 1. The van der Waals surface area contributed by atoms with Crippen LogP contribution in [0.2, 0.25) is 0 Å². The lowest BCUT2D eigenvalue weighted by Gasteiger charge is -2.23. The lowest BCUT2D eigenvalue weighted by Crippen LogP contribution is -2.32. The Morgan fingerprint density at radius 2 is 2.40 bits per heavy atom. The average molecular weight is 205 g/mol. The number of nitrogens with one attached hydrogen (secondary N) is 1. The highest BCUT2D eigenvalue weighted by Gasteiger charge is 2.33. The molecule has 0 saturated carbocycles. The van der Waals surface area contributed by atoms with Crippen LogP contribution in [0.3, 0.4) is 0 Å². The van der Waals surface area contributed by atoms with E-state index in [1.807, 2.05) is 0 Å². The standard InChI is InChI=1S/C10H11N3O2/c14-13(15)7-4-8-9-2-1-6(12-9)3-10(8)11-5-7/h4-6,9,12H,1-3H2. The van der Waals surface area contributed by atoms with E-state index in [0.717, 1.165) is 30.5 Å². The van der Waals surface area contributed by atoms with E-state index < -0.39 is 0 Å². The van der Waals surface area contributed by atoms with Crippen molar-refractivity contribution < 1.29 is 4.92 Å². The summed E-state index contributed by atoms with van der Waals surface area (Å²) in [6.45, 7) is 0. The summed E-state index contributed by atoms with van der Waals surface area (Å²) in [6, 6.07) is 2.48. The molecule has 0 radical (unpaired) electrons. The summed E-state index contributed by atoms with van der Waals surface area (Å²) in [6.07, 6.45) is 4.49. The molecule has 0 amide bonds. The number of hydrogen-bond donors (Lipinski definition) is 1. The second-order valence-electron chi connectivity index (χ2n) is 4.18. The number of fused-ring (bicyclic) bond motifs is 4. The van der Waals surface area contributed by atoms with Gasteiger partial charge in [-0.05, 0) is 18.4 Å². The van der Waals surface area contributed by atoms with E-state index in [1.165, 1.54) is 6.20 Å². The Bertz CT molecular complexity index is 433. The molecule has 1 saturated heterocycles. The highest BCUT2D eigenvalue weighted by molar-refractivity contribution is 5.39.